The number of likely N-dealkylation sites (tertiary alicyclic amines) is 1. The van der Waals surface area contributed by atoms with Crippen LogP contribution in [0.15, 0.2) is 0 Å². The quantitative estimate of drug-likeness (QED) is 0.764. The van der Waals surface area contributed by atoms with Gasteiger partial charge in [-0.2, -0.15) is 0 Å². The molecule has 0 radical (unpaired) electrons. The van der Waals surface area contributed by atoms with Gasteiger partial charge in [-0.1, -0.05) is 20.3 Å². The van der Waals surface area contributed by atoms with E-state index in [0.29, 0.717) is 18.5 Å². The second kappa shape index (κ2) is 7.10. The maximum Gasteiger partial charge on any atom is 0.320 e. The van der Waals surface area contributed by atoms with Crippen LogP contribution in [0.25, 0.3) is 0 Å². The Bertz CT molecular complexity index is 259. The molecule has 1 heterocycles. The molecule has 0 aromatic carbocycles. The van der Waals surface area contributed by atoms with Crippen molar-refractivity contribution in [3.63, 3.8) is 0 Å². The van der Waals surface area contributed by atoms with Crippen LogP contribution in [0.1, 0.15) is 53.4 Å². The molecule has 2 N–H and O–H groups in total. The number of aliphatic carboxylic acids is 1. The summed E-state index contributed by atoms with van der Waals surface area (Å²) >= 11 is 0. The van der Waals surface area contributed by atoms with Crippen LogP contribution in [0.3, 0.4) is 0 Å². The SMILES string of the molecule is CC(C)NC(CCN1[C@H](C)CCC[C@@H]1C)C(=O)O. The molecule has 4 nitrogen and oxygen atoms in total. The van der Waals surface area contributed by atoms with Crippen molar-refractivity contribution < 1.29 is 9.90 Å². The van der Waals surface area contributed by atoms with Crippen molar-refractivity contribution in [1.29, 1.82) is 0 Å². The smallest absolute Gasteiger partial charge is 0.320 e. The molecule has 1 rings (SSSR count). The third kappa shape index (κ3) is 4.58. The van der Waals surface area contributed by atoms with Crippen LogP contribution in [0.2, 0.25) is 0 Å². The number of rotatable bonds is 6. The molecule has 106 valence electrons. The highest BCUT2D eigenvalue weighted by molar-refractivity contribution is 5.73. The molecular formula is C14H28N2O2. The summed E-state index contributed by atoms with van der Waals surface area (Å²) in [5, 5.41) is 12.3. The van der Waals surface area contributed by atoms with Crippen LogP contribution in [0, 0.1) is 0 Å². The van der Waals surface area contributed by atoms with Gasteiger partial charge in [0.1, 0.15) is 6.04 Å². The molecule has 1 aliphatic heterocycles. The van der Waals surface area contributed by atoms with Crippen LogP contribution >= 0.6 is 0 Å². The highest BCUT2D eigenvalue weighted by Crippen LogP contribution is 2.22. The number of nitrogens with one attached hydrogen (secondary N) is 1. The van der Waals surface area contributed by atoms with E-state index in [1.807, 2.05) is 13.8 Å². The lowest BCUT2D eigenvalue weighted by Crippen LogP contribution is -2.48. The molecule has 1 aliphatic rings. The van der Waals surface area contributed by atoms with Gasteiger partial charge in [0.2, 0.25) is 0 Å². The predicted molar refractivity (Wildman–Crippen MR) is 73.8 cm³/mol. The molecule has 0 aliphatic carbocycles. The predicted octanol–water partition coefficient (Wildman–Crippen LogP) is 2.09. The fourth-order valence-corrected chi connectivity index (χ4v) is 2.87. The molecule has 4 heteroatoms. The minimum atomic E-state index is -0.735. The van der Waals surface area contributed by atoms with Gasteiger partial charge in [0.05, 0.1) is 0 Å². The molecule has 0 spiro atoms. The van der Waals surface area contributed by atoms with Crippen LogP contribution in [0.5, 0.6) is 0 Å². The summed E-state index contributed by atoms with van der Waals surface area (Å²) in [6.07, 6.45) is 4.45. The number of carbonyl (C=O) groups is 1. The maximum atomic E-state index is 11.2. The Hall–Kier alpha value is -0.610. The van der Waals surface area contributed by atoms with E-state index in [2.05, 4.69) is 24.1 Å². The first-order valence-corrected chi connectivity index (χ1v) is 7.16. The van der Waals surface area contributed by atoms with E-state index >= 15 is 0 Å². The van der Waals surface area contributed by atoms with Gasteiger partial charge in [0.15, 0.2) is 0 Å². The van der Waals surface area contributed by atoms with Crippen molar-refractivity contribution in [3.8, 4) is 0 Å². The Morgan fingerprint density at radius 3 is 2.33 bits per heavy atom. The van der Waals surface area contributed by atoms with E-state index < -0.39 is 12.0 Å². The Labute approximate surface area is 111 Å². The molecule has 0 bridgehead atoms. The minimum Gasteiger partial charge on any atom is -0.480 e. The molecule has 18 heavy (non-hydrogen) atoms. The topological polar surface area (TPSA) is 52.6 Å². The molecule has 1 unspecified atom stereocenters. The first-order chi connectivity index (χ1) is 8.41. The number of carboxylic acids is 1. The van der Waals surface area contributed by atoms with Crippen LogP contribution in [-0.4, -0.2) is 46.7 Å². The summed E-state index contributed by atoms with van der Waals surface area (Å²) < 4.78 is 0. The number of carboxylic acid groups (broad SMARTS) is 1. The maximum absolute atomic E-state index is 11.2. The number of nitrogens with zero attached hydrogens (tertiary/aromatic N) is 1. The zero-order valence-corrected chi connectivity index (χ0v) is 12.1. The van der Waals surface area contributed by atoms with Crippen LogP contribution < -0.4 is 5.32 Å². The average Bonchev–Trinajstić information content (AvgIpc) is 2.26. The van der Waals surface area contributed by atoms with Crippen molar-refractivity contribution in [2.75, 3.05) is 6.54 Å². The molecular weight excluding hydrogens is 228 g/mol. The Morgan fingerprint density at radius 2 is 1.89 bits per heavy atom. The fraction of sp³-hybridized carbons (Fsp3) is 0.929. The monoisotopic (exact) mass is 256 g/mol. The van der Waals surface area contributed by atoms with Crippen molar-refractivity contribution >= 4 is 5.97 Å². The fourth-order valence-electron chi connectivity index (χ4n) is 2.87. The first-order valence-electron chi connectivity index (χ1n) is 7.16. The van der Waals surface area contributed by atoms with Crippen molar-refractivity contribution in [1.82, 2.24) is 10.2 Å². The number of hydrogen-bond acceptors (Lipinski definition) is 3. The summed E-state index contributed by atoms with van der Waals surface area (Å²) in [6, 6.07) is 0.957. The highest BCUT2D eigenvalue weighted by atomic mass is 16.4. The Balaban J connectivity index is 2.47. The lowest BCUT2D eigenvalue weighted by molar-refractivity contribution is -0.140. The second-order valence-electron chi connectivity index (χ2n) is 5.87. The largest absolute Gasteiger partial charge is 0.480 e. The van der Waals surface area contributed by atoms with Gasteiger partial charge in [0.25, 0.3) is 0 Å². The van der Waals surface area contributed by atoms with E-state index in [4.69, 9.17) is 0 Å². The van der Waals surface area contributed by atoms with Crippen molar-refractivity contribution in [3.05, 3.63) is 0 Å². The molecule has 1 saturated heterocycles. The standard InChI is InChI=1S/C14H28N2O2/c1-10(2)15-13(14(17)18)8-9-16-11(3)6-5-7-12(16)4/h10-13,15H,5-9H2,1-4H3,(H,17,18)/t11-,12+,13?. The van der Waals surface area contributed by atoms with Gasteiger partial charge in [-0.3, -0.25) is 9.69 Å². The molecule has 3 atom stereocenters. The van der Waals surface area contributed by atoms with E-state index in [1.165, 1.54) is 19.3 Å². The number of piperidine rings is 1. The Kier molecular flexibility index (Phi) is 6.09. The third-order valence-electron chi connectivity index (χ3n) is 3.88. The molecule has 0 amide bonds. The van der Waals surface area contributed by atoms with Gasteiger partial charge in [0, 0.05) is 24.7 Å². The van der Waals surface area contributed by atoms with Gasteiger partial charge in [-0.05, 0) is 33.1 Å². The second-order valence-corrected chi connectivity index (χ2v) is 5.87. The summed E-state index contributed by atoms with van der Waals surface area (Å²) in [4.78, 5) is 13.6. The third-order valence-corrected chi connectivity index (χ3v) is 3.88. The summed E-state index contributed by atoms with van der Waals surface area (Å²) in [5.41, 5.74) is 0. The zero-order chi connectivity index (χ0) is 13.7. The van der Waals surface area contributed by atoms with E-state index in [9.17, 15) is 9.90 Å². The molecule has 0 saturated carbocycles. The van der Waals surface area contributed by atoms with Gasteiger partial charge in [-0.15, -0.1) is 0 Å². The average molecular weight is 256 g/mol. The molecule has 0 aromatic heterocycles. The lowest BCUT2D eigenvalue weighted by atomic mass is 9.97. The summed E-state index contributed by atoms with van der Waals surface area (Å²) in [7, 11) is 0. The summed E-state index contributed by atoms with van der Waals surface area (Å²) in [5.74, 6) is -0.735. The lowest BCUT2D eigenvalue weighted by Gasteiger charge is -2.39. The molecule has 1 fully saturated rings. The Morgan fingerprint density at radius 1 is 1.33 bits per heavy atom. The first kappa shape index (κ1) is 15.4. The van der Waals surface area contributed by atoms with E-state index in [0.717, 1.165) is 6.54 Å². The summed E-state index contributed by atoms with van der Waals surface area (Å²) in [6.45, 7) is 9.35. The van der Waals surface area contributed by atoms with E-state index in [-0.39, 0.29) is 6.04 Å². The minimum absolute atomic E-state index is 0.210. The number of hydrogen-bond donors (Lipinski definition) is 2. The molecule has 0 aromatic rings. The van der Waals surface area contributed by atoms with Gasteiger partial charge < -0.3 is 10.4 Å². The van der Waals surface area contributed by atoms with Gasteiger partial charge >= 0.3 is 5.97 Å². The van der Waals surface area contributed by atoms with Crippen LogP contribution in [-0.2, 0) is 4.79 Å². The van der Waals surface area contributed by atoms with Crippen LogP contribution in [0.4, 0.5) is 0 Å². The van der Waals surface area contributed by atoms with Gasteiger partial charge in [-0.25, -0.2) is 0 Å². The highest BCUT2D eigenvalue weighted by Gasteiger charge is 2.26. The van der Waals surface area contributed by atoms with Crippen molar-refractivity contribution in [2.24, 2.45) is 0 Å². The zero-order valence-electron chi connectivity index (χ0n) is 12.1. The normalized spacial score (nSPS) is 27.4. The van der Waals surface area contributed by atoms with E-state index in [1.54, 1.807) is 0 Å². The van der Waals surface area contributed by atoms with Crippen molar-refractivity contribution in [2.45, 2.75) is 77.5 Å².